The van der Waals surface area contributed by atoms with Gasteiger partial charge in [-0.05, 0) is 33.2 Å². The molecule has 5 heteroatoms. The number of hydrogen-bond donors (Lipinski definition) is 1. The molecule has 0 aromatic rings. The normalized spacial score (nSPS) is 30.7. The van der Waals surface area contributed by atoms with E-state index in [1.807, 2.05) is 14.0 Å². The second kappa shape index (κ2) is 5.89. The highest BCUT2D eigenvalue weighted by Gasteiger charge is 2.33. The summed E-state index contributed by atoms with van der Waals surface area (Å²) in [6, 6.07) is 0.195. The highest BCUT2D eigenvalue weighted by molar-refractivity contribution is 5.67. The second-order valence-electron chi connectivity index (χ2n) is 5.62. The van der Waals surface area contributed by atoms with Crippen LogP contribution in [0.5, 0.6) is 0 Å². The summed E-state index contributed by atoms with van der Waals surface area (Å²) >= 11 is 0. The summed E-state index contributed by atoms with van der Waals surface area (Å²) in [6.45, 7) is 4.85. The summed E-state index contributed by atoms with van der Waals surface area (Å²) in [5, 5.41) is 9.63. The Morgan fingerprint density at radius 3 is 2.67 bits per heavy atom. The van der Waals surface area contributed by atoms with Gasteiger partial charge in [0.2, 0.25) is 0 Å². The van der Waals surface area contributed by atoms with Crippen LogP contribution in [0.15, 0.2) is 0 Å². The molecule has 2 aliphatic heterocycles. The second-order valence-corrected chi connectivity index (χ2v) is 5.62. The van der Waals surface area contributed by atoms with E-state index in [2.05, 4.69) is 4.90 Å². The molecule has 18 heavy (non-hydrogen) atoms. The highest BCUT2D eigenvalue weighted by Crippen LogP contribution is 2.24. The molecule has 0 aromatic carbocycles. The predicted octanol–water partition coefficient (Wildman–Crippen LogP) is 0.920. The zero-order valence-electron chi connectivity index (χ0n) is 11.3. The standard InChI is InChI=1S/C13H24N2O3/c1-10(16)12-7-11(8-14(12)2)9-18-13(17)15-5-3-4-6-15/h10-12,16H,3-9H2,1-2H3/t10-,11-,12-/m0/s1. The molecule has 0 radical (unpaired) electrons. The van der Waals surface area contributed by atoms with Crippen LogP contribution in [0.25, 0.3) is 0 Å². The monoisotopic (exact) mass is 256 g/mol. The molecule has 104 valence electrons. The van der Waals surface area contributed by atoms with Crippen molar-refractivity contribution in [3.63, 3.8) is 0 Å². The average Bonchev–Trinajstić information content (AvgIpc) is 2.94. The van der Waals surface area contributed by atoms with Crippen LogP contribution in [0.2, 0.25) is 0 Å². The topological polar surface area (TPSA) is 53.0 Å². The molecule has 0 aromatic heterocycles. The quantitative estimate of drug-likeness (QED) is 0.816. The Morgan fingerprint density at radius 2 is 2.11 bits per heavy atom. The molecule has 2 aliphatic rings. The van der Waals surface area contributed by atoms with Crippen molar-refractivity contribution in [2.24, 2.45) is 5.92 Å². The maximum Gasteiger partial charge on any atom is 0.409 e. The maximum atomic E-state index is 11.7. The van der Waals surface area contributed by atoms with Crippen molar-refractivity contribution in [1.29, 1.82) is 0 Å². The minimum Gasteiger partial charge on any atom is -0.449 e. The molecule has 3 atom stereocenters. The lowest BCUT2D eigenvalue weighted by Gasteiger charge is -2.21. The van der Waals surface area contributed by atoms with Gasteiger partial charge in [0.05, 0.1) is 12.7 Å². The van der Waals surface area contributed by atoms with Crippen molar-refractivity contribution in [3.05, 3.63) is 0 Å². The predicted molar refractivity (Wildman–Crippen MR) is 68.4 cm³/mol. The highest BCUT2D eigenvalue weighted by atomic mass is 16.6. The van der Waals surface area contributed by atoms with Gasteiger partial charge in [-0.2, -0.15) is 0 Å². The number of likely N-dealkylation sites (tertiary alicyclic amines) is 2. The molecule has 0 spiro atoms. The first kappa shape index (κ1) is 13.6. The smallest absolute Gasteiger partial charge is 0.409 e. The SMILES string of the molecule is C[C@H](O)[C@@H]1C[C@H](COC(=O)N2CCCC2)CN1C. The van der Waals surface area contributed by atoms with E-state index in [-0.39, 0.29) is 18.2 Å². The number of carbonyl (C=O) groups excluding carboxylic acids is 1. The van der Waals surface area contributed by atoms with Crippen molar-refractivity contribution in [2.45, 2.75) is 38.3 Å². The number of aliphatic hydroxyl groups is 1. The van der Waals surface area contributed by atoms with E-state index in [1.165, 1.54) is 0 Å². The van der Waals surface area contributed by atoms with E-state index in [9.17, 15) is 9.90 Å². The van der Waals surface area contributed by atoms with Crippen molar-refractivity contribution >= 4 is 6.09 Å². The van der Waals surface area contributed by atoms with Gasteiger partial charge in [-0.15, -0.1) is 0 Å². The molecule has 2 saturated heterocycles. The number of carbonyl (C=O) groups is 1. The Labute approximate surface area is 109 Å². The van der Waals surface area contributed by atoms with Gasteiger partial charge in [0.1, 0.15) is 0 Å². The number of aliphatic hydroxyl groups excluding tert-OH is 1. The van der Waals surface area contributed by atoms with E-state index >= 15 is 0 Å². The Kier molecular flexibility index (Phi) is 4.45. The van der Waals surface area contributed by atoms with E-state index in [0.29, 0.717) is 12.5 Å². The summed E-state index contributed by atoms with van der Waals surface area (Å²) < 4.78 is 5.36. The fourth-order valence-electron chi connectivity index (χ4n) is 3.00. The van der Waals surface area contributed by atoms with Crippen LogP contribution in [0.4, 0.5) is 4.79 Å². The van der Waals surface area contributed by atoms with E-state index in [1.54, 1.807) is 4.90 Å². The summed E-state index contributed by atoms with van der Waals surface area (Å²) in [5.41, 5.74) is 0. The number of likely N-dealkylation sites (N-methyl/N-ethyl adjacent to an activating group) is 1. The molecular weight excluding hydrogens is 232 g/mol. The van der Waals surface area contributed by atoms with Crippen molar-refractivity contribution in [3.8, 4) is 0 Å². The first-order valence-electron chi connectivity index (χ1n) is 6.88. The van der Waals surface area contributed by atoms with E-state index < -0.39 is 0 Å². The van der Waals surface area contributed by atoms with Crippen LogP contribution in [0, 0.1) is 5.92 Å². The molecule has 0 bridgehead atoms. The Hall–Kier alpha value is -0.810. The van der Waals surface area contributed by atoms with Gasteiger partial charge in [-0.25, -0.2) is 4.79 Å². The Bertz CT molecular complexity index is 290. The number of ether oxygens (including phenoxy) is 1. The largest absolute Gasteiger partial charge is 0.449 e. The molecule has 2 rings (SSSR count). The van der Waals surface area contributed by atoms with Crippen LogP contribution in [0.1, 0.15) is 26.2 Å². The lowest BCUT2D eigenvalue weighted by atomic mass is 10.0. The molecule has 0 unspecified atom stereocenters. The number of amides is 1. The first-order valence-corrected chi connectivity index (χ1v) is 6.88. The van der Waals surface area contributed by atoms with Crippen LogP contribution in [0.3, 0.4) is 0 Å². The average molecular weight is 256 g/mol. The fraction of sp³-hybridized carbons (Fsp3) is 0.923. The summed E-state index contributed by atoms with van der Waals surface area (Å²) in [4.78, 5) is 15.7. The molecule has 2 heterocycles. The van der Waals surface area contributed by atoms with Gasteiger partial charge in [0.25, 0.3) is 0 Å². The molecule has 2 fully saturated rings. The zero-order chi connectivity index (χ0) is 13.1. The summed E-state index contributed by atoms with van der Waals surface area (Å²) in [6.07, 6.45) is 2.59. The zero-order valence-corrected chi connectivity index (χ0v) is 11.3. The van der Waals surface area contributed by atoms with Crippen LogP contribution >= 0.6 is 0 Å². The maximum absolute atomic E-state index is 11.7. The van der Waals surface area contributed by atoms with Crippen LogP contribution in [-0.4, -0.2) is 66.4 Å². The van der Waals surface area contributed by atoms with Crippen molar-refractivity contribution < 1.29 is 14.6 Å². The molecule has 1 amide bonds. The molecule has 0 aliphatic carbocycles. The van der Waals surface area contributed by atoms with Gasteiger partial charge in [-0.1, -0.05) is 0 Å². The third-order valence-corrected chi connectivity index (χ3v) is 4.05. The number of nitrogens with zero attached hydrogens (tertiary/aromatic N) is 2. The first-order chi connectivity index (χ1) is 8.58. The molecule has 1 N–H and O–H groups in total. The molecule has 0 saturated carbocycles. The van der Waals surface area contributed by atoms with Crippen LogP contribution < -0.4 is 0 Å². The van der Waals surface area contributed by atoms with Gasteiger partial charge >= 0.3 is 6.09 Å². The Balaban J connectivity index is 1.72. The molecule has 5 nitrogen and oxygen atoms in total. The van der Waals surface area contributed by atoms with Gasteiger partial charge in [0, 0.05) is 31.6 Å². The third-order valence-electron chi connectivity index (χ3n) is 4.05. The van der Waals surface area contributed by atoms with Crippen LogP contribution in [-0.2, 0) is 4.74 Å². The van der Waals surface area contributed by atoms with Crippen molar-refractivity contribution in [2.75, 3.05) is 33.3 Å². The van der Waals surface area contributed by atoms with Gasteiger partial charge in [-0.3, -0.25) is 0 Å². The van der Waals surface area contributed by atoms with Gasteiger partial charge < -0.3 is 19.6 Å². The number of hydrogen-bond acceptors (Lipinski definition) is 4. The van der Waals surface area contributed by atoms with E-state index in [0.717, 1.165) is 38.9 Å². The summed E-state index contributed by atoms with van der Waals surface area (Å²) in [7, 11) is 2.01. The Morgan fingerprint density at radius 1 is 1.44 bits per heavy atom. The van der Waals surface area contributed by atoms with E-state index in [4.69, 9.17) is 4.74 Å². The summed E-state index contributed by atoms with van der Waals surface area (Å²) in [5.74, 6) is 0.348. The molecular formula is C13H24N2O3. The van der Waals surface area contributed by atoms with Gasteiger partial charge in [0.15, 0.2) is 0 Å². The minimum absolute atomic E-state index is 0.171. The number of rotatable bonds is 3. The fourth-order valence-corrected chi connectivity index (χ4v) is 3.00. The third kappa shape index (κ3) is 3.14. The van der Waals surface area contributed by atoms with Crippen molar-refractivity contribution in [1.82, 2.24) is 9.80 Å². The lowest BCUT2D eigenvalue weighted by molar-refractivity contribution is 0.0949. The lowest BCUT2D eigenvalue weighted by Crippen LogP contribution is -2.34. The minimum atomic E-state index is -0.325.